The fraction of sp³-hybridized carbons (Fsp3) is 0.391. The maximum absolute atomic E-state index is 13.0. The summed E-state index contributed by atoms with van der Waals surface area (Å²) in [7, 11) is 1.81. The quantitative estimate of drug-likeness (QED) is 0.805. The largest absolute Gasteiger partial charge is 0.325 e. The van der Waals surface area contributed by atoms with Gasteiger partial charge in [0.1, 0.15) is 0 Å². The number of nitrogens with zero attached hydrogens (tertiary/aromatic N) is 2. The third-order valence-electron chi connectivity index (χ3n) is 5.24. The Balaban J connectivity index is 1.62. The Morgan fingerprint density at radius 1 is 1.14 bits per heavy atom. The molecule has 3 rings (SSSR count). The van der Waals surface area contributed by atoms with Crippen LogP contribution >= 0.6 is 11.8 Å². The van der Waals surface area contributed by atoms with Crippen LogP contribution in [0.5, 0.6) is 0 Å². The second-order valence-corrected chi connectivity index (χ2v) is 9.18. The summed E-state index contributed by atoms with van der Waals surface area (Å²) >= 11 is 1.82. The van der Waals surface area contributed by atoms with Gasteiger partial charge in [0.25, 0.3) is 0 Å². The molecular formula is C23H29N3O2S. The van der Waals surface area contributed by atoms with Crippen molar-refractivity contribution in [3.63, 3.8) is 0 Å². The molecule has 2 aromatic carbocycles. The zero-order valence-corrected chi connectivity index (χ0v) is 18.4. The van der Waals surface area contributed by atoms with Gasteiger partial charge in [-0.3, -0.25) is 14.5 Å². The predicted octanol–water partition coefficient (Wildman–Crippen LogP) is 4.09. The average molecular weight is 412 g/mol. The maximum atomic E-state index is 13.0. The molecule has 154 valence electrons. The number of benzene rings is 2. The molecule has 2 aromatic rings. The molecule has 0 saturated heterocycles. The Morgan fingerprint density at radius 2 is 1.90 bits per heavy atom. The lowest BCUT2D eigenvalue weighted by Gasteiger charge is -2.25. The number of anilines is 2. The number of aryl methyl sites for hydroxylation is 1. The molecule has 0 unspecified atom stereocenters. The highest BCUT2D eigenvalue weighted by molar-refractivity contribution is 8.00. The Kier molecular flexibility index (Phi) is 6.98. The van der Waals surface area contributed by atoms with E-state index in [0.29, 0.717) is 11.8 Å². The summed E-state index contributed by atoms with van der Waals surface area (Å²) in [4.78, 5) is 30.2. The second-order valence-electron chi connectivity index (χ2n) is 7.70. The highest BCUT2D eigenvalue weighted by atomic mass is 32.2. The highest BCUT2D eigenvalue weighted by Crippen LogP contribution is 2.37. The maximum Gasteiger partial charge on any atom is 0.241 e. The SMILES string of the molecule is Cc1cccc(NC(=O)CN(C)CC(=O)N2CC[C@H](C)Sc3ccccc32)c1C. The van der Waals surface area contributed by atoms with E-state index in [4.69, 9.17) is 0 Å². The van der Waals surface area contributed by atoms with Crippen molar-refractivity contribution in [3.8, 4) is 0 Å². The van der Waals surface area contributed by atoms with E-state index in [1.54, 1.807) is 4.90 Å². The monoisotopic (exact) mass is 411 g/mol. The first kappa shape index (κ1) is 21.4. The zero-order chi connectivity index (χ0) is 21.0. The normalized spacial score (nSPS) is 16.3. The van der Waals surface area contributed by atoms with Crippen LogP contribution in [-0.2, 0) is 9.59 Å². The molecule has 29 heavy (non-hydrogen) atoms. The summed E-state index contributed by atoms with van der Waals surface area (Å²) in [5.41, 5.74) is 3.99. The van der Waals surface area contributed by atoms with Crippen LogP contribution in [0.25, 0.3) is 0 Å². The Hall–Kier alpha value is -2.31. The molecule has 1 atom stereocenters. The van der Waals surface area contributed by atoms with Crippen molar-refractivity contribution in [2.45, 2.75) is 37.3 Å². The summed E-state index contributed by atoms with van der Waals surface area (Å²) in [6.45, 7) is 7.28. The Morgan fingerprint density at radius 3 is 2.69 bits per heavy atom. The number of hydrogen-bond acceptors (Lipinski definition) is 4. The molecule has 1 N–H and O–H groups in total. The zero-order valence-electron chi connectivity index (χ0n) is 17.6. The fourth-order valence-corrected chi connectivity index (χ4v) is 4.55. The van der Waals surface area contributed by atoms with Gasteiger partial charge in [0, 0.05) is 22.4 Å². The minimum Gasteiger partial charge on any atom is -0.325 e. The summed E-state index contributed by atoms with van der Waals surface area (Å²) in [6, 6.07) is 13.9. The van der Waals surface area contributed by atoms with Crippen LogP contribution in [-0.4, -0.2) is 48.6 Å². The lowest BCUT2D eigenvalue weighted by Crippen LogP contribution is -2.42. The van der Waals surface area contributed by atoms with E-state index in [-0.39, 0.29) is 24.9 Å². The molecule has 0 bridgehead atoms. The summed E-state index contributed by atoms with van der Waals surface area (Å²) in [6.07, 6.45) is 0.946. The molecule has 0 aromatic heterocycles. The van der Waals surface area contributed by atoms with Gasteiger partial charge in [0.2, 0.25) is 11.8 Å². The molecule has 1 heterocycles. The smallest absolute Gasteiger partial charge is 0.241 e. The minimum absolute atomic E-state index is 0.0224. The van der Waals surface area contributed by atoms with Crippen LogP contribution in [0.4, 0.5) is 11.4 Å². The van der Waals surface area contributed by atoms with Crippen LogP contribution in [0.15, 0.2) is 47.4 Å². The first-order valence-corrected chi connectivity index (χ1v) is 10.8. The van der Waals surface area contributed by atoms with E-state index in [0.717, 1.165) is 33.8 Å². The first-order chi connectivity index (χ1) is 13.8. The molecule has 0 aliphatic carbocycles. The van der Waals surface area contributed by atoms with Crippen LogP contribution in [0, 0.1) is 13.8 Å². The number of rotatable bonds is 5. The van der Waals surface area contributed by atoms with Crippen molar-refractivity contribution < 1.29 is 9.59 Å². The Bertz CT molecular complexity index is 899. The molecule has 1 aliphatic rings. The van der Waals surface area contributed by atoms with Crippen LogP contribution in [0.1, 0.15) is 24.5 Å². The fourth-order valence-electron chi connectivity index (χ4n) is 3.44. The molecule has 0 spiro atoms. The van der Waals surface area contributed by atoms with E-state index in [1.165, 1.54) is 0 Å². The van der Waals surface area contributed by atoms with Gasteiger partial charge in [-0.25, -0.2) is 0 Å². The van der Waals surface area contributed by atoms with Gasteiger partial charge < -0.3 is 10.2 Å². The molecule has 5 nitrogen and oxygen atoms in total. The van der Waals surface area contributed by atoms with E-state index in [2.05, 4.69) is 18.3 Å². The summed E-state index contributed by atoms with van der Waals surface area (Å²) < 4.78 is 0. The lowest BCUT2D eigenvalue weighted by molar-refractivity contribution is -0.121. The van der Waals surface area contributed by atoms with Crippen LogP contribution < -0.4 is 10.2 Å². The number of para-hydroxylation sites is 1. The van der Waals surface area contributed by atoms with Crippen molar-refractivity contribution in [1.29, 1.82) is 0 Å². The average Bonchev–Trinajstić information content (AvgIpc) is 2.83. The van der Waals surface area contributed by atoms with Gasteiger partial charge in [-0.15, -0.1) is 11.8 Å². The van der Waals surface area contributed by atoms with E-state index in [9.17, 15) is 9.59 Å². The van der Waals surface area contributed by atoms with Gasteiger partial charge >= 0.3 is 0 Å². The van der Waals surface area contributed by atoms with Crippen molar-refractivity contribution in [2.24, 2.45) is 0 Å². The van der Waals surface area contributed by atoms with Gasteiger partial charge in [0.05, 0.1) is 18.8 Å². The lowest BCUT2D eigenvalue weighted by atomic mass is 10.1. The minimum atomic E-state index is -0.116. The van der Waals surface area contributed by atoms with Crippen molar-refractivity contribution in [1.82, 2.24) is 4.90 Å². The van der Waals surface area contributed by atoms with E-state index >= 15 is 0 Å². The van der Waals surface area contributed by atoms with E-state index < -0.39 is 0 Å². The van der Waals surface area contributed by atoms with Crippen molar-refractivity contribution >= 4 is 35.0 Å². The molecule has 2 amide bonds. The number of likely N-dealkylation sites (N-methyl/N-ethyl adjacent to an activating group) is 1. The van der Waals surface area contributed by atoms with Gasteiger partial charge in [-0.05, 0) is 56.6 Å². The van der Waals surface area contributed by atoms with Gasteiger partial charge in [-0.1, -0.05) is 31.2 Å². The third kappa shape index (κ3) is 5.40. The topological polar surface area (TPSA) is 52.7 Å². The van der Waals surface area contributed by atoms with Crippen molar-refractivity contribution in [2.75, 3.05) is 36.9 Å². The number of fused-ring (bicyclic) bond motifs is 1. The first-order valence-electron chi connectivity index (χ1n) is 9.96. The molecule has 0 fully saturated rings. The third-order valence-corrected chi connectivity index (χ3v) is 6.48. The number of thioether (sulfide) groups is 1. The number of nitrogens with one attached hydrogen (secondary N) is 1. The van der Waals surface area contributed by atoms with Crippen molar-refractivity contribution in [3.05, 3.63) is 53.6 Å². The molecule has 6 heteroatoms. The van der Waals surface area contributed by atoms with Gasteiger partial charge in [0.15, 0.2) is 0 Å². The Labute approximate surface area is 177 Å². The van der Waals surface area contributed by atoms with Crippen LogP contribution in [0.3, 0.4) is 0 Å². The molecule has 1 aliphatic heterocycles. The summed E-state index contributed by atoms with van der Waals surface area (Å²) in [5, 5.41) is 3.42. The van der Waals surface area contributed by atoms with Gasteiger partial charge in [-0.2, -0.15) is 0 Å². The summed E-state index contributed by atoms with van der Waals surface area (Å²) in [5.74, 6) is -0.0939. The molecule has 0 saturated carbocycles. The standard InChI is InChI=1S/C23H29N3O2S/c1-16-8-7-9-19(18(16)3)24-22(27)14-25(4)15-23(28)26-13-12-17(2)29-21-11-6-5-10-20(21)26/h5-11,17H,12-15H2,1-4H3,(H,24,27)/t17-/m0/s1. The second kappa shape index (κ2) is 9.46. The highest BCUT2D eigenvalue weighted by Gasteiger charge is 2.25. The molecular weight excluding hydrogens is 382 g/mol. The number of carbonyl (C=O) groups is 2. The number of amides is 2. The van der Waals surface area contributed by atoms with Crippen LogP contribution in [0.2, 0.25) is 0 Å². The van der Waals surface area contributed by atoms with E-state index in [1.807, 2.05) is 74.0 Å². The molecule has 0 radical (unpaired) electrons. The number of carbonyl (C=O) groups excluding carboxylic acids is 2. The predicted molar refractivity (Wildman–Crippen MR) is 121 cm³/mol. The number of hydrogen-bond donors (Lipinski definition) is 1.